The van der Waals surface area contributed by atoms with Crippen LogP contribution in [0.5, 0.6) is 0 Å². The summed E-state index contributed by atoms with van der Waals surface area (Å²) < 4.78 is 26.5. The second-order valence-corrected chi connectivity index (χ2v) is 5.68. The Hall–Kier alpha value is -1.65. The average Bonchev–Trinajstić information content (AvgIpc) is 2.30. The largest absolute Gasteiger partial charge is 0.396 e. The number of amides is 1. The van der Waals surface area contributed by atoms with Crippen LogP contribution >= 0.6 is 0 Å². The van der Waals surface area contributed by atoms with Gasteiger partial charge < -0.3 is 11.1 Å². The maximum Gasteiger partial charge on any atom is 0.254 e. The molecule has 0 aliphatic heterocycles. The zero-order chi connectivity index (χ0) is 14.8. The van der Waals surface area contributed by atoms with E-state index in [-0.39, 0.29) is 16.7 Å². The number of benzene rings is 1. The molecular weight excluding hydrogens is 250 g/mol. The molecular formula is C14H20F2N2O. The average molecular weight is 270 g/mol. The van der Waals surface area contributed by atoms with E-state index in [1.165, 1.54) is 0 Å². The summed E-state index contributed by atoms with van der Waals surface area (Å²) in [5, 5.41) is 2.65. The van der Waals surface area contributed by atoms with Gasteiger partial charge in [-0.3, -0.25) is 4.79 Å². The van der Waals surface area contributed by atoms with E-state index in [9.17, 15) is 13.6 Å². The highest BCUT2D eigenvalue weighted by atomic mass is 19.1. The summed E-state index contributed by atoms with van der Waals surface area (Å²) in [6, 6.07) is 1.64. The van der Waals surface area contributed by atoms with Crippen LogP contribution in [0.1, 0.15) is 38.1 Å². The Morgan fingerprint density at radius 2 is 1.89 bits per heavy atom. The maximum absolute atomic E-state index is 13.5. The number of halogens is 2. The van der Waals surface area contributed by atoms with Crippen molar-refractivity contribution in [1.29, 1.82) is 0 Å². The smallest absolute Gasteiger partial charge is 0.254 e. The van der Waals surface area contributed by atoms with Gasteiger partial charge in [0, 0.05) is 12.6 Å². The van der Waals surface area contributed by atoms with Crippen LogP contribution in [0.3, 0.4) is 0 Å². The number of hydrogen-bond acceptors (Lipinski definition) is 2. The summed E-state index contributed by atoms with van der Waals surface area (Å²) in [7, 11) is 0. The van der Waals surface area contributed by atoms with Gasteiger partial charge in [-0.2, -0.15) is 0 Å². The van der Waals surface area contributed by atoms with Crippen LogP contribution in [0.2, 0.25) is 0 Å². The Morgan fingerprint density at radius 1 is 1.32 bits per heavy atom. The predicted molar refractivity (Wildman–Crippen MR) is 71.7 cm³/mol. The lowest BCUT2D eigenvalue weighted by atomic mass is 9.81. The standard InChI is InChI=1S/C14H20F2N2O/c1-8(2)14(3,4)7-18-13(19)9-5-12(17)11(16)6-10(9)15/h5-6,8H,7,17H2,1-4H3,(H,18,19). The van der Waals surface area contributed by atoms with E-state index in [1.54, 1.807) is 0 Å². The van der Waals surface area contributed by atoms with Gasteiger partial charge in [-0.15, -0.1) is 0 Å². The molecule has 0 fully saturated rings. The number of carbonyl (C=O) groups excluding carboxylic acids is 1. The maximum atomic E-state index is 13.5. The number of rotatable bonds is 4. The van der Waals surface area contributed by atoms with Gasteiger partial charge in [-0.25, -0.2) is 8.78 Å². The second kappa shape index (κ2) is 5.55. The first-order valence-electron chi connectivity index (χ1n) is 6.18. The lowest BCUT2D eigenvalue weighted by Gasteiger charge is -2.29. The lowest BCUT2D eigenvalue weighted by Crippen LogP contribution is -2.37. The molecule has 1 amide bonds. The molecule has 0 saturated heterocycles. The fraction of sp³-hybridized carbons (Fsp3) is 0.500. The van der Waals surface area contributed by atoms with Crippen LogP contribution in [0.4, 0.5) is 14.5 Å². The van der Waals surface area contributed by atoms with Crippen molar-refractivity contribution in [3.05, 3.63) is 29.3 Å². The summed E-state index contributed by atoms with van der Waals surface area (Å²) in [6.45, 7) is 8.51. The Kier molecular flexibility index (Phi) is 4.50. The van der Waals surface area contributed by atoms with Crippen molar-refractivity contribution in [3.63, 3.8) is 0 Å². The molecule has 3 N–H and O–H groups in total. The van der Waals surface area contributed by atoms with Crippen LogP contribution < -0.4 is 11.1 Å². The van der Waals surface area contributed by atoms with E-state index in [0.717, 1.165) is 6.07 Å². The minimum atomic E-state index is -0.911. The molecule has 0 radical (unpaired) electrons. The number of nitrogen functional groups attached to an aromatic ring is 1. The monoisotopic (exact) mass is 270 g/mol. The first-order chi connectivity index (χ1) is 8.65. The number of anilines is 1. The number of hydrogen-bond donors (Lipinski definition) is 2. The summed E-state index contributed by atoms with van der Waals surface area (Å²) in [5.74, 6) is -2.00. The molecule has 0 unspecified atom stereocenters. The Morgan fingerprint density at radius 3 is 2.42 bits per heavy atom. The third-order valence-corrected chi connectivity index (χ3v) is 3.60. The highest BCUT2D eigenvalue weighted by Crippen LogP contribution is 2.25. The highest BCUT2D eigenvalue weighted by molar-refractivity contribution is 5.95. The van der Waals surface area contributed by atoms with Gasteiger partial charge in [0.05, 0.1) is 11.3 Å². The molecule has 0 atom stereocenters. The van der Waals surface area contributed by atoms with Gasteiger partial charge in [0.15, 0.2) is 0 Å². The summed E-state index contributed by atoms with van der Waals surface area (Å²) in [5.41, 5.74) is 4.74. The molecule has 1 aromatic rings. The van der Waals surface area contributed by atoms with Crippen molar-refractivity contribution in [2.45, 2.75) is 27.7 Å². The van der Waals surface area contributed by atoms with E-state index >= 15 is 0 Å². The van der Waals surface area contributed by atoms with E-state index in [2.05, 4.69) is 5.32 Å². The number of nitrogens with one attached hydrogen (secondary N) is 1. The summed E-state index contributed by atoms with van der Waals surface area (Å²) in [6.07, 6.45) is 0. The lowest BCUT2D eigenvalue weighted by molar-refractivity contribution is 0.0920. The van der Waals surface area contributed by atoms with Gasteiger partial charge in [0.1, 0.15) is 11.6 Å². The van der Waals surface area contributed by atoms with Crippen molar-refractivity contribution in [2.75, 3.05) is 12.3 Å². The van der Waals surface area contributed by atoms with Crippen LogP contribution in [-0.4, -0.2) is 12.5 Å². The van der Waals surface area contributed by atoms with Crippen molar-refractivity contribution < 1.29 is 13.6 Å². The molecule has 0 aliphatic rings. The SMILES string of the molecule is CC(C)C(C)(C)CNC(=O)c1cc(N)c(F)cc1F. The highest BCUT2D eigenvalue weighted by Gasteiger charge is 2.24. The molecule has 3 nitrogen and oxygen atoms in total. The van der Waals surface area contributed by atoms with E-state index in [4.69, 9.17) is 5.73 Å². The molecule has 106 valence electrons. The molecule has 0 heterocycles. The van der Waals surface area contributed by atoms with Crippen LogP contribution in [0, 0.1) is 23.0 Å². The molecule has 0 aromatic heterocycles. The Balaban J connectivity index is 2.83. The van der Waals surface area contributed by atoms with E-state index < -0.39 is 17.5 Å². The van der Waals surface area contributed by atoms with Crippen molar-refractivity contribution >= 4 is 11.6 Å². The van der Waals surface area contributed by atoms with Crippen molar-refractivity contribution in [3.8, 4) is 0 Å². The normalized spacial score (nSPS) is 11.7. The van der Waals surface area contributed by atoms with Gasteiger partial charge in [-0.1, -0.05) is 27.7 Å². The van der Waals surface area contributed by atoms with Gasteiger partial charge in [0.25, 0.3) is 5.91 Å². The zero-order valence-electron chi connectivity index (χ0n) is 11.7. The molecule has 0 saturated carbocycles. The minimum absolute atomic E-state index is 0.113. The third kappa shape index (κ3) is 3.66. The molecule has 5 heteroatoms. The van der Waals surface area contributed by atoms with Gasteiger partial charge in [0.2, 0.25) is 0 Å². The molecule has 1 aromatic carbocycles. The molecule has 0 aliphatic carbocycles. The topological polar surface area (TPSA) is 55.1 Å². The first kappa shape index (κ1) is 15.4. The fourth-order valence-electron chi connectivity index (χ4n) is 1.35. The van der Waals surface area contributed by atoms with Gasteiger partial charge >= 0.3 is 0 Å². The van der Waals surface area contributed by atoms with E-state index in [1.807, 2.05) is 27.7 Å². The number of nitrogens with two attached hydrogens (primary N) is 1. The van der Waals surface area contributed by atoms with Crippen LogP contribution in [0.25, 0.3) is 0 Å². The molecule has 0 bridgehead atoms. The predicted octanol–water partition coefficient (Wildman–Crippen LogP) is 2.96. The second-order valence-electron chi connectivity index (χ2n) is 5.68. The zero-order valence-corrected chi connectivity index (χ0v) is 11.7. The fourth-order valence-corrected chi connectivity index (χ4v) is 1.35. The minimum Gasteiger partial charge on any atom is -0.396 e. The third-order valence-electron chi connectivity index (χ3n) is 3.60. The Bertz CT molecular complexity index is 485. The van der Waals surface area contributed by atoms with Crippen molar-refractivity contribution in [1.82, 2.24) is 5.32 Å². The van der Waals surface area contributed by atoms with Crippen molar-refractivity contribution in [2.24, 2.45) is 11.3 Å². The first-order valence-corrected chi connectivity index (χ1v) is 6.18. The molecule has 0 spiro atoms. The summed E-state index contributed by atoms with van der Waals surface area (Å²) >= 11 is 0. The summed E-state index contributed by atoms with van der Waals surface area (Å²) in [4.78, 5) is 11.9. The Labute approximate surface area is 112 Å². The van der Waals surface area contributed by atoms with Gasteiger partial charge in [-0.05, 0) is 17.4 Å². The van der Waals surface area contributed by atoms with E-state index in [0.29, 0.717) is 18.5 Å². The molecule has 1 rings (SSSR count). The van der Waals surface area contributed by atoms with Crippen LogP contribution in [-0.2, 0) is 0 Å². The van der Waals surface area contributed by atoms with Crippen LogP contribution in [0.15, 0.2) is 12.1 Å². The molecule has 19 heavy (non-hydrogen) atoms. The number of carbonyl (C=O) groups is 1. The quantitative estimate of drug-likeness (QED) is 0.826.